The lowest BCUT2D eigenvalue weighted by atomic mass is 10.2. The Morgan fingerprint density at radius 2 is 1.96 bits per heavy atom. The quantitative estimate of drug-likeness (QED) is 0.543. The highest BCUT2D eigenvalue weighted by atomic mass is 35.5. The molecule has 0 amide bonds. The van der Waals surface area contributed by atoms with Crippen LogP contribution in [0, 0.1) is 0 Å². The van der Waals surface area contributed by atoms with E-state index in [4.69, 9.17) is 20.8 Å². The number of fused-ring (bicyclic) bond motifs is 3. The Morgan fingerprint density at radius 3 is 2.75 bits per heavy atom. The highest BCUT2D eigenvalue weighted by molar-refractivity contribution is 6.32. The molecule has 0 aliphatic rings. The maximum Gasteiger partial charge on any atom is 0.196 e. The van der Waals surface area contributed by atoms with Gasteiger partial charge in [-0.05, 0) is 30.3 Å². The zero-order valence-electron chi connectivity index (χ0n) is 12.6. The van der Waals surface area contributed by atoms with Gasteiger partial charge in [0.05, 0.1) is 12.1 Å². The summed E-state index contributed by atoms with van der Waals surface area (Å²) in [5.74, 6) is 1.21. The van der Waals surface area contributed by atoms with Gasteiger partial charge >= 0.3 is 0 Å². The van der Waals surface area contributed by atoms with Crippen LogP contribution in [0.4, 0.5) is 11.5 Å². The van der Waals surface area contributed by atoms with Gasteiger partial charge < -0.3 is 14.5 Å². The van der Waals surface area contributed by atoms with Crippen LogP contribution >= 0.6 is 24.0 Å². The van der Waals surface area contributed by atoms with E-state index >= 15 is 0 Å². The molecule has 0 aliphatic carbocycles. The molecule has 2 aromatic carbocycles. The molecule has 0 radical (unpaired) electrons. The Morgan fingerprint density at radius 1 is 1.12 bits per heavy atom. The highest BCUT2D eigenvalue weighted by Gasteiger charge is 2.13. The zero-order chi connectivity index (χ0) is 15.8. The second-order valence-corrected chi connectivity index (χ2v) is 5.38. The number of halogens is 2. The van der Waals surface area contributed by atoms with Crippen LogP contribution in [0.1, 0.15) is 0 Å². The number of anilines is 2. The minimum Gasteiger partial charge on any atom is -0.495 e. The molecule has 7 heteroatoms. The Hall–Kier alpha value is -2.50. The van der Waals surface area contributed by atoms with Gasteiger partial charge in [-0.1, -0.05) is 23.7 Å². The second-order valence-electron chi connectivity index (χ2n) is 4.97. The number of ether oxygens (including phenoxy) is 1. The third kappa shape index (κ3) is 2.72. The summed E-state index contributed by atoms with van der Waals surface area (Å²) in [7, 11) is 1.58. The number of rotatable bonds is 3. The summed E-state index contributed by atoms with van der Waals surface area (Å²) in [4.78, 5) is 8.61. The first kappa shape index (κ1) is 16.4. The molecule has 5 nitrogen and oxygen atoms in total. The van der Waals surface area contributed by atoms with Crippen LogP contribution in [0.5, 0.6) is 5.75 Å². The lowest BCUT2D eigenvalue weighted by Crippen LogP contribution is -1.95. The molecule has 0 unspecified atom stereocenters. The average molecular weight is 362 g/mol. The molecule has 122 valence electrons. The molecule has 0 saturated carbocycles. The van der Waals surface area contributed by atoms with E-state index in [-0.39, 0.29) is 12.4 Å². The lowest BCUT2D eigenvalue weighted by molar-refractivity contribution is 0.415. The monoisotopic (exact) mass is 361 g/mol. The summed E-state index contributed by atoms with van der Waals surface area (Å²) in [5.41, 5.74) is 2.95. The van der Waals surface area contributed by atoms with E-state index in [0.717, 1.165) is 22.2 Å². The summed E-state index contributed by atoms with van der Waals surface area (Å²) in [6.07, 6.45) is 1.51. The maximum atomic E-state index is 6.16. The van der Waals surface area contributed by atoms with Crippen LogP contribution in [0.2, 0.25) is 5.02 Å². The normalized spacial score (nSPS) is 10.6. The van der Waals surface area contributed by atoms with Crippen molar-refractivity contribution in [1.82, 2.24) is 9.97 Å². The summed E-state index contributed by atoms with van der Waals surface area (Å²) in [6.45, 7) is 0. The predicted octanol–water partition coefficient (Wildman–Crippen LogP) is 5.20. The Bertz CT molecular complexity index is 1020. The van der Waals surface area contributed by atoms with Crippen molar-refractivity contribution in [2.24, 2.45) is 0 Å². The van der Waals surface area contributed by atoms with Crippen LogP contribution < -0.4 is 10.1 Å². The van der Waals surface area contributed by atoms with Crippen molar-refractivity contribution in [2.45, 2.75) is 0 Å². The number of para-hydroxylation sites is 1. The van der Waals surface area contributed by atoms with E-state index in [1.165, 1.54) is 6.33 Å². The van der Waals surface area contributed by atoms with E-state index in [1.807, 2.05) is 30.3 Å². The summed E-state index contributed by atoms with van der Waals surface area (Å²) < 4.78 is 11.0. The number of aromatic nitrogens is 2. The van der Waals surface area contributed by atoms with Crippen LogP contribution in [0.25, 0.3) is 22.1 Å². The van der Waals surface area contributed by atoms with E-state index in [2.05, 4.69) is 15.3 Å². The molecule has 0 spiro atoms. The maximum absolute atomic E-state index is 6.16. The zero-order valence-corrected chi connectivity index (χ0v) is 14.2. The van der Waals surface area contributed by atoms with Crippen LogP contribution in [0.15, 0.2) is 53.2 Å². The van der Waals surface area contributed by atoms with Crippen molar-refractivity contribution in [3.05, 3.63) is 53.8 Å². The first-order chi connectivity index (χ1) is 11.3. The van der Waals surface area contributed by atoms with Gasteiger partial charge in [-0.3, -0.25) is 0 Å². The molecule has 2 aromatic heterocycles. The van der Waals surface area contributed by atoms with Crippen LogP contribution in [-0.2, 0) is 0 Å². The summed E-state index contributed by atoms with van der Waals surface area (Å²) in [6, 6.07) is 13.2. The van der Waals surface area contributed by atoms with Gasteiger partial charge in [0.15, 0.2) is 11.4 Å². The van der Waals surface area contributed by atoms with Gasteiger partial charge in [0.2, 0.25) is 0 Å². The number of benzene rings is 2. The minimum atomic E-state index is 0. The molecule has 0 aliphatic heterocycles. The number of methoxy groups -OCH3 is 1. The minimum absolute atomic E-state index is 0. The Kier molecular flexibility index (Phi) is 4.46. The van der Waals surface area contributed by atoms with Crippen molar-refractivity contribution in [3.63, 3.8) is 0 Å². The average Bonchev–Trinajstić information content (AvgIpc) is 2.95. The van der Waals surface area contributed by atoms with Gasteiger partial charge in [-0.15, -0.1) is 12.4 Å². The molecule has 0 saturated heterocycles. The van der Waals surface area contributed by atoms with Gasteiger partial charge in [-0.2, -0.15) is 0 Å². The number of nitrogens with one attached hydrogen (secondary N) is 1. The largest absolute Gasteiger partial charge is 0.495 e. The second kappa shape index (κ2) is 6.55. The SMILES string of the molecule is COc1ccc(Nc2ncnc3c2oc2ccccc23)cc1Cl.Cl. The van der Waals surface area contributed by atoms with Crippen LogP contribution in [0.3, 0.4) is 0 Å². The standard InChI is InChI=1S/C17H12ClN3O2.ClH/c1-22-14-7-6-10(8-12(14)18)21-17-16-15(19-9-20-17)11-4-2-3-5-13(11)23-16;/h2-9H,1H3,(H,19,20,21);1H. The van der Waals surface area contributed by atoms with Crippen molar-refractivity contribution in [1.29, 1.82) is 0 Å². The van der Waals surface area contributed by atoms with E-state index in [1.54, 1.807) is 19.2 Å². The van der Waals surface area contributed by atoms with Gasteiger partial charge in [0.25, 0.3) is 0 Å². The van der Waals surface area contributed by atoms with Gasteiger partial charge in [-0.25, -0.2) is 9.97 Å². The molecule has 0 bridgehead atoms. The highest BCUT2D eigenvalue weighted by Crippen LogP contribution is 2.33. The molecule has 4 aromatic rings. The van der Waals surface area contributed by atoms with Gasteiger partial charge in [0, 0.05) is 11.1 Å². The van der Waals surface area contributed by atoms with E-state index < -0.39 is 0 Å². The molecule has 0 atom stereocenters. The molecule has 4 rings (SSSR count). The van der Waals surface area contributed by atoms with Crippen molar-refractivity contribution in [3.8, 4) is 5.75 Å². The first-order valence-corrected chi connectivity index (χ1v) is 7.37. The van der Waals surface area contributed by atoms with Gasteiger partial charge in [0.1, 0.15) is 23.2 Å². The fraction of sp³-hybridized carbons (Fsp3) is 0.0588. The third-order valence-electron chi connectivity index (χ3n) is 3.57. The third-order valence-corrected chi connectivity index (χ3v) is 3.87. The Labute approximate surface area is 149 Å². The predicted molar refractivity (Wildman–Crippen MR) is 97.8 cm³/mol. The van der Waals surface area contributed by atoms with Crippen molar-refractivity contribution in [2.75, 3.05) is 12.4 Å². The fourth-order valence-electron chi connectivity index (χ4n) is 2.49. The lowest BCUT2D eigenvalue weighted by Gasteiger charge is -2.08. The summed E-state index contributed by atoms with van der Waals surface area (Å²) in [5, 5.41) is 4.69. The molecular formula is C17H13Cl2N3O2. The summed E-state index contributed by atoms with van der Waals surface area (Å²) >= 11 is 6.16. The Balaban J connectivity index is 0.00000169. The van der Waals surface area contributed by atoms with E-state index in [0.29, 0.717) is 22.2 Å². The first-order valence-electron chi connectivity index (χ1n) is 6.99. The number of furan rings is 1. The van der Waals surface area contributed by atoms with Crippen molar-refractivity contribution < 1.29 is 9.15 Å². The molecule has 0 fully saturated rings. The number of hydrogen-bond donors (Lipinski definition) is 1. The fourth-order valence-corrected chi connectivity index (χ4v) is 2.75. The molecule has 2 heterocycles. The van der Waals surface area contributed by atoms with E-state index in [9.17, 15) is 0 Å². The van der Waals surface area contributed by atoms with Crippen LogP contribution in [-0.4, -0.2) is 17.1 Å². The smallest absolute Gasteiger partial charge is 0.196 e. The molecule has 24 heavy (non-hydrogen) atoms. The van der Waals surface area contributed by atoms with Crippen molar-refractivity contribution >= 4 is 57.6 Å². The molecular weight excluding hydrogens is 349 g/mol. The molecule has 1 N–H and O–H groups in total. The topological polar surface area (TPSA) is 60.2 Å². The number of hydrogen-bond acceptors (Lipinski definition) is 5. The number of nitrogens with zero attached hydrogens (tertiary/aromatic N) is 2.